The van der Waals surface area contributed by atoms with E-state index in [4.69, 9.17) is 17.3 Å². The van der Waals surface area contributed by atoms with Gasteiger partial charge < -0.3 is 20.7 Å². The van der Waals surface area contributed by atoms with Crippen LogP contribution in [-0.2, 0) is 11.3 Å². The maximum absolute atomic E-state index is 12.4. The molecule has 4 N–H and O–H groups in total. The highest BCUT2D eigenvalue weighted by atomic mass is 35.5. The Morgan fingerprint density at radius 1 is 1.27 bits per heavy atom. The molecule has 9 heteroatoms. The molecule has 0 aliphatic rings. The van der Waals surface area contributed by atoms with Crippen molar-refractivity contribution in [2.24, 2.45) is 16.0 Å². The standard InChI is InChI=1S/C17H14ClN5O2S/c18-10-6-7-13-12(8-10)15(21-22-17(19)26)16(25)23(13)9-14(24)20-11-4-2-1-3-5-11/h1-8,25H,9H2,(H2,19,26)(H,20,24). The Hall–Kier alpha value is -2.97. The summed E-state index contributed by atoms with van der Waals surface area (Å²) in [6.45, 7) is -0.124. The quantitative estimate of drug-likeness (QED) is 0.465. The Morgan fingerprint density at radius 3 is 2.69 bits per heavy atom. The van der Waals surface area contributed by atoms with Gasteiger partial charge in [0.05, 0.1) is 5.52 Å². The molecule has 132 valence electrons. The predicted molar refractivity (Wildman–Crippen MR) is 105 cm³/mol. The molecule has 2 aromatic carbocycles. The number of rotatable bonds is 4. The number of carbonyl (C=O) groups excluding carboxylic acids is 1. The third-order valence-corrected chi connectivity index (χ3v) is 3.90. The van der Waals surface area contributed by atoms with Crippen LogP contribution in [0.25, 0.3) is 10.9 Å². The van der Waals surface area contributed by atoms with Gasteiger partial charge in [-0.05, 0) is 42.5 Å². The molecule has 7 nitrogen and oxygen atoms in total. The van der Waals surface area contributed by atoms with Gasteiger partial charge >= 0.3 is 0 Å². The van der Waals surface area contributed by atoms with Gasteiger partial charge in [-0.15, -0.1) is 10.2 Å². The van der Waals surface area contributed by atoms with Gasteiger partial charge in [0.15, 0.2) is 5.69 Å². The number of aromatic nitrogens is 1. The number of aromatic hydroxyl groups is 1. The third-order valence-electron chi connectivity index (χ3n) is 3.58. The van der Waals surface area contributed by atoms with Crippen LogP contribution in [0.2, 0.25) is 5.02 Å². The smallest absolute Gasteiger partial charge is 0.244 e. The number of halogens is 1. The van der Waals surface area contributed by atoms with E-state index in [0.29, 0.717) is 21.6 Å². The zero-order chi connectivity index (χ0) is 18.7. The Bertz CT molecular complexity index is 1020. The molecule has 0 saturated heterocycles. The molecular weight excluding hydrogens is 374 g/mol. The number of azo groups is 1. The zero-order valence-electron chi connectivity index (χ0n) is 13.4. The van der Waals surface area contributed by atoms with Crippen molar-refractivity contribution in [3.05, 3.63) is 53.6 Å². The van der Waals surface area contributed by atoms with Crippen LogP contribution in [0, 0.1) is 0 Å². The minimum atomic E-state index is -0.309. The van der Waals surface area contributed by atoms with Crippen molar-refractivity contribution in [2.45, 2.75) is 6.54 Å². The van der Waals surface area contributed by atoms with Crippen LogP contribution in [0.5, 0.6) is 5.88 Å². The van der Waals surface area contributed by atoms with Gasteiger partial charge in [0.25, 0.3) is 0 Å². The number of amides is 1. The van der Waals surface area contributed by atoms with Crippen molar-refractivity contribution in [3.8, 4) is 5.88 Å². The van der Waals surface area contributed by atoms with Gasteiger partial charge in [-0.2, -0.15) is 0 Å². The second kappa shape index (κ2) is 7.51. The van der Waals surface area contributed by atoms with Crippen molar-refractivity contribution >= 4 is 57.1 Å². The summed E-state index contributed by atoms with van der Waals surface area (Å²) in [5.74, 6) is -0.540. The summed E-state index contributed by atoms with van der Waals surface area (Å²) in [5.41, 5.74) is 6.70. The largest absolute Gasteiger partial charge is 0.493 e. The highest BCUT2D eigenvalue weighted by molar-refractivity contribution is 7.80. The fourth-order valence-electron chi connectivity index (χ4n) is 2.52. The number of anilines is 1. The molecule has 3 rings (SSSR count). The summed E-state index contributed by atoms with van der Waals surface area (Å²) < 4.78 is 1.41. The Balaban J connectivity index is 1.98. The average Bonchev–Trinajstić information content (AvgIpc) is 2.85. The van der Waals surface area contributed by atoms with Crippen molar-refractivity contribution in [1.82, 2.24) is 4.57 Å². The number of fused-ring (bicyclic) bond motifs is 1. The van der Waals surface area contributed by atoms with Crippen LogP contribution in [0.3, 0.4) is 0 Å². The second-order valence-electron chi connectivity index (χ2n) is 5.37. The number of thiocarbonyl (C=S) groups is 1. The molecule has 0 unspecified atom stereocenters. The molecule has 3 aromatic rings. The third kappa shape index (κ3) is 3.81. The minimum absolute atomic E-state index is 0.124. The number of hydrogen-bond donors (Lipinski definition) is 3. The zero-order valence-corrected chi connectivity index (χ0v) is 15.0. The number of benzene rings is 2. The average molecular weight is 388 g/mol. The molecule has 0 fully saturated rings. The molecular formula is C17H14ClN5O2S. The van der Waals surface area contributed by atoms with Crippen LogP contribution in [0.1, 0.15) is 0 Å². The first-order valence-corrected chi connectivity index (χ1v) is 8.31. The highest BCUT2D eigenvalue weighted by Gasteiger charge is 2.19. The first kappa shape index (κ1) is 17.8. The van der Waals surface area contributed by atoms with Crippen LogP contribution < -0.4 is 11.1 Å². The summed E-state index contributed by atoms with van der Waals surface area (Å²) >= 11 is 10.7. The molecule has 0 bridgehead atoms. The molecule has 1 aromatic heterocycles. The molecule has 0 spiro atoms. The lowest BCUT2D eigenvalue weighted by molar-refractivity contribution is -0.116. The van der Waals surface area contributed by atoms with Crippen LogP contribution in [-0.4, -0.2) is 20.7 Å². The fourth-order valence-corrected chi connectivity index (χ4v) is 2.73. The summed E-state index contributed by atoms with van der Waals surface area (Å²) in [5, 5.41) is 21.6. The van der Waals surface area contributed by atoms with E-state index < -0.39 is 0 Å². The number of nitrogens with one attached hydrogen (secondary N) is 1. The van der Waals surface area contributed by atoms with E-state index in [1.807, 2.05) is 18.2 Å². The number of nitrogens with zero attached hydrogens (tertiary/aromatic N) is 3. The summed E-state index contributed by atoms with van der Waals surface area (Å²) in [6.07, 6.45) is 0. The van der Waals surface area contributed by atoms with Crippen LogP contribution >= 0.6 is 23.8 Å². The maximum atomic E-state index is 12.4. The molecule has 0 aliphatic carbocycles. The van der Waals surface area contributed by atoms with Gasteiger partial charge in [-0.3, -0.25) is 4.79 Å². The van der Waals surface area contributed by atoms with E-state index in [-0.39, 0.29) is 29.1 Å². The lowest BCUT2D eigenvalue weighted by atomic mass is 10.2. The van der Waals surface area contributed by atoms with Crippen molar-refractivity contribution in [2.75, 3.05) is 5.32 Å². The first-order chi connectivity index (χ1) is 12.5. The first-order valence-electron chi connectivity index (χ1n) is 7.52. The van der Waals surface area contributed by atoms with E-state index in [1.165, 1.54) is 4.57 Å². The Labute approximate surface area is 159 Å². The molecule has 26 heavy (non-hydrogen) atoms. The van der Waals surface area contributed by atoms with E-state index in [9.17, 15) is 9.90 Å². The van der Waals surface area contributed by atoms with Crippen LogP contribution in [0.4, 0.5) is 11.4 Å². The van der Waals surface area contributed by atoms with Gasteiger partial charge in [-0.25, -0.2) is 0 Å². The summed E-state index contributed by atoms with van der Waals surface area (Å²) in [7, 11) is 0. The highest BCUT2D eigenvalue weighted by Crippen LogP contribution is 2.40. The lowest BCUT2D eigenvalue weighted by Gasteiger charge is -2.08. The molecule has 1 heterocycles. The second-order valence-corrected chi connectivity index (χ2v) is 6.23. The topological polar surface area (TPSA) is 105 Å². The Kier molecular flexibility index (Phi) is 5.15. The van der Waals surface area contributed by atoms with Gasteiger partial charge in [0.1, 0.15) is 6.54 Å². The van der Waals surface area contributed by atoms with Crippen molar-refractivity contribution in [1.29, 1.82) is 0 Å². The summed E-state index contributed by atoms with van der Waals surface area (Å²) in [6, 6.07) is 14.0. The fraction of sp³-hybridized carbons (Fsp3) is 0.0588. The monoisotopic (exact) mass is 387 g/mol. The van der Waals surface area contributed by atoms with Gasteiger partial charge in [0, 0.05) is 16.1 Å². The normalized spacial score (nSPS) is 11.1. The van der Waals surface area contributed by atoms with E-state index >= 15 is 0 Å². The van der Waals surface area contributed by atoms with Crippen LogP contribution in [0.15, 0.2) is 58.8 Å². The van der Waals surface area contributed by atoms with Crippen molar-refractivity contribution in [3.63, 3.8) is 0 Å². The summed E-state index contributed by atoms with van der Waals surface area (Å²) in [4.78, 5) is 12.4. The number of nitrogens with two attached hydrogens (primary N) is 1. The molecule has 0 atom stereocenters. The van der Waals surface area contributed by atoms with Crippen molar-refractivity contribution < 1.29 is 9.90 Å². The van der Waals surface area contributed by atoms with E-state index in [1.54, 1.807) is 30.3 Å². The minimum Gasteiger partial charge on any atom is -0.493 e. The SMILES string of the molecule is NC(=S)N=Nc1c(O)n(CC(=O)Nc2ccccc2)c2ccc(Cl)cc12. The predicted octanol–water partition coefficient (Wildman–Crippen LogP) is 3.97. The number of carbonyl (C=O) groups is 1. The maximum Gasteiger partial charge on any atom is 0.244 e. The van der Waals surface area contributed by atoms with E-state index in [2.05, 4.69) is 27.8 Å². The van der Waals surface area contributed by atoms with Gasteiger partial charge in [-0.1, -0.05) is 29.8 Å². The number of hydrogen-bond acceptors (Lipinski definition) is 4. The molecule has 1 amide bonds. The molecule has 0 aliphatic heterocycles. The lowest BCUT2D eigenvalue weighted by Crippen LogP contribution is -2.18. The van der Waals surface area contributed by atoms with Gasteiger partial charge in [0.2, 0.25) is 16.9 Å². The Morgan fingerprint density at radius 2 is 2.00 bits per heavy atom. The molecule has 0 radical (unpaired) electrons. The van der Waals surface area contributed by atoms with E-state index in [0.717, 1.165) is 0 Å². The molecule has 0 saturated carbocycles. The number of para-hydroxylation sites is 1.